The van der Waals surface area contributed by atoms with Crippen LogP contribution in [0.5, 0.6) is 11.5 Å². The van der Waals surface area contributed by atoms with Crippen LogP contribution in [0, 0.1) is 5.41 Å². The molecular formula is C15H23NO3. The third kappa shape index (κ3) is 4.81. The number of hydrogen-bond acceptors (Lipinski definition) is 4. The number of rotatable bonds is 5. The molecule has 0 radical (unpaired) electrons. The minimum atomic E-state index is 0.243. The van der Waals surface area contributed by atoms with E-state index in [0.717, 1.165) is 12.0 Å². The predicted molar refractivity (Wildman–Crippen MR) is 76.6 cm³/mol. The molecule has 0 fully saturated rings. The van der Waals surface area contributed by atoms with E-state index in [2.05, 4.69) is 25.9 Å². The molecule has 0 aliphatic heterocycles. The van der Waals surface area contributed by atoms with Crippen LogP contribution in [-0.4, -0.2) is 24.6 Å². The number of hydrogen-bond donors (Lipinski definition) is 1. The van der Waals surface area contributed by atoms with Crippen LogP contribution in [-0.2, 0) is 0 Å². The van der Waals surface area contributed by atoms with Crippen molar-refractivity contribution in [1.29, 1.82) is 0 Å². The average Bonchev–Trinajstić information content (AvgIpc) is 2.36. The van der Waals surface area contributed by atoms with E-state index in [4.69, 9.17) is 14.7 Å². The summed E-state index contributed by atoms with van der Waals surface area (Å²) in [5.74, 6) is 1.36. The molecule has 0 saturated carbocycles. The molecule has 1 aromatic carbocycles. The van der Waals surface area contributed by atoms with E-state index in [9.17, 15) is 0 Å². The van der Waals surface area contributed by atoms with Gasteiger partial charge in [0.25, 0.3) is 0 Å². The van der Waals surface area contributed by atoms with E-state index in [1.54, 1.807) is 14.0 Å². The molecule has 0 saturated heterocycles. The second-order valence-corrected chi connectivity index (χ2v) is 5.71. The van der Waals surface area contributed by atoms with E-state index < -0.39 is 0 Å². The smallest absolute Gasteiger partial charge is 0.161 e. The molecule has 1 aromatic rings. The molecule has 0 aromatic heterocycles. The second-order valence-electron chi connectivity index (χ2n) is 5.71. The van der Waals surface area contributed by atoms with Gasteiger partial charge in [0.15, 0.2) is 11.5 Å². The van der Waals surface area contributed by atoms with Gasteiger partial charge in [-0.3, -0.25) is 0 Å². The van der Waals surface area contributed by atoms with Gasteiger partial charge < -0.3 is 14.7 Å². The normalized spacial score (nSPS) is 12.4. The summed E-state index contributed by atoms with van der Waals surface area (Å²) in [6.45, 7) is 8.91. The highest BCUT2D eigenvalue weighted by molar-refractivity contribution is 5.98. The summed E-state index contributed by atoms with van der Waals surface area (Å²) >= 11 is 0. The van der Waals surface area contributed by atoms with Gasteiger partial charge in [-0.2, -0.15) is 0 Å². The van der Waals surface area contributed by atoms with Crippen LogP contribution in [0.25, 0.3) is 0 Å². The van der Waals surface area contributed by atoms with Gasteiger partial charge in [0.1, 0.15) is 0 Å². The fourth-order valence-corrected chi connectivity index (χ4v) is 1.54. The number of ether oxygens (including phenoxy) is 2. The lowest BCUT2D eigenvalue weighted by Gasteiger charge is -2.19. The molecule has 4 heteroatoms. The molecule has 1 N–H and O–H groups in total. The first kappa shape index (κ1) is 15.3. The summed E-state index contributed by atoms with van der Waals surface area (Å²) < 4.78 is 11.0. The maximum atomic E-state index is 8.77. The predicted octanol–water partition coefficient (Wildman–Crippen LogP) is 3.71. The maximum absolute atomic E-state index is 8.77. The van der Waals surface area contributed by atoms with Gasteiger partial charge in [0, 0.05) is 5.56 Å². The molecule has 1 rings (SSSR count). The quantitative estimate of drug-likeness (QED) is 0.501. The lowest BCUT2D eigenvalue weighted by atomic mass is 9.93. The Labute approximate surface area is 115 Å². The molecule has 4 nitrogen and oxygen atoms in total. The van der Waals surface area contributed by atoms with Gasteiger partial charge in [0.2, 0.25) is 0 Å². The first-order chi connectivity index (χ1) is 8.87. The third-order valence-electron chi connectivity index (χ3n) is 2.84. The van der Waals surface area contributed by atoms with Crippen molar-refractivity contribution in [2.24, 2.45) is 10.6 Å². The maximum Gasteiger partial charge on any atom is 0.161 e. The zero-order chi connectivity index (χ0) is 14.5. The van der Waals surface area contributed by atoms with Gasteiger partial charge in [-0.1, -0.05) is 25.9 Å². The summed E-state index contributed by atoms with van der Waals surface area (Å²) in [6, 6.07) is 5.50. The molecule has 0 spiro atoms. The van der Waals surface area contributed by atoms with Crippen LogP contribution in [0.15, 0.2) is 23.4 Å². The van der Waals surface area contributed by atoms with Gasteiger partial charge in [0.05, 0.1) is 19.4 Å². The topological polar surface area (TPSA) is 51.0 Å². The highest BCUT2D eigenvalue weighted by Crippen LogP contribution is 2.29. The molecule has 0 bridgehead atoms. The summed E-state index contributed by atoms with van der Waals surface area (Å²) in [5, 5.41) is 11.9. The molecule has 0 atom stereocenters. The molecular weight excluding hydrogens is 242 g/mol. The second kappa shape index (κ2) is 6.45. The van der Waals surface area contributed by atoms with Crippen molar-refractivity contribution >= 4 is 5.71 Å². The number of methoxy groups -OCH3 is 1. The van der Waals surface area contributed by atoms with Gasteiger partial charge in [-0.15, -0.1) is 0 Å². The number of nitrogens with zero attached hydrogens (tertiary/aromatic N) is 1. The van der Waals surface area contributed by atoms with Crippen LogP contribution in [0.2, 0.25) is 0 Å². The number of oxime groups is 1. The summed E-state index contributed by atoms with van der Waals surface area (Å²) in [6.07, 6.45) is 0.967. The summed E-state index contributed by atoms with van der Waals surface area (Å²) in [7, 11) is 1.60. The molecule has 19 heavy (non-hydrogen) atoms. The number of benzene rings is 1. The third-order valence-corrected chi connectivity index (χ3v) is 2.84. The van der Waals surface area contributed by atoms with Crippen LogP contribution in [0.4, 0.5) is 0 Å². The minimum absolute atomic E-state index is 0.243. The molecule has 0 aliphatic rings. The zero-order valence-corrected chi connectivity index (χ0v) is 12.4. The van der Waals surface area contributed by atoms with Crippen molar-refractivity contribution in [3.8, 4) is 11.5 Å². The summed E-state index contributed by atoms with van der Waals surface area (Å²) in [5.41, 5.74) is 1.59. The molecule has 0 amide bonds. The van der Waals surface area contributed by atoms with Gasteiger partial charge >= 0.3 is 0 Å². The fourth-order valence-electron chi connectivity index (χ4n) is 1.54. The average molecular weight is 265 g/mol. The Kier molecular flexibility index (Phi) is 5.21. The first-order valence-corrected chi connectivity index (χ1v) is 6.37. The first-order valence-electron chi connectivity index (χ1n) is 6.37. The molecule has 0 heterocycles. The van der Waals surface area contributed by atoms with Gasteiger partial charge in [-0.05, 0) is 37.0 Å². The standard InChI is InChI=1S/C15H23NO3/c1-11(16-17)12-6-7-13(14(10-12)18-5)19-9-8-15(2,3)4/h6-7,10,17H,8-9H2,1-5H3. The monoisotopic (exact) mass is 265 g/mol. The van der Waals surface area contributed by atoms with Crippen molar-refractivity contribution < 1.29 is 14.7 Å². The Bertz CT molecular complexity index is 447. The minimum Gasteiger partial charge on any atom is -0.493 e. The largest absolute Gasteiger partial charge is 0.493 e. The molecule has 0 unspecified atom stereocenters. The highest BCUT2D eigenvalue weighted by atomic mass is 16.5. The van der Waals surface area contributed by atoms with E-state index in [1.807, 2.05) is 18.2 Å². The Balaban J connectivity index is 2.79. The highest BCUT2D eigenvalue weighted by Gasteiger charge is 2.12. The van der Waals surface area contributed by atoms with Crippen molar-refractivity contribution in [3.63, 3.8) is 0 Å². The molecule has 0 aliphatic carbocycles. The zero-order valence-electron chi connectivity index (χ0n) is 12.4. The van der Waals surface area contributed by atoms with Crippen molar-refractivity contribution in [1.82, 2.24) is 0 Å². The Morgan fingerprint density at radius 2 is 1.95 bits per heavy atom. The van der Waals surface area contributed by atoms with Gasteiger partial charge in [-0.25, -0.2) is 0 Å². The Morgan fingerprint density at radius 3 is 2.47 bits per heavy atom. The van der Waals surface area contributed by atoms with E-state index in [0.29, 0.717) is 23.8 Å². The molecule has 106 valence electrons. The van der Waals surface area contributed by atoms with E-state index >= 15 is 0 Å². The lowest BCUT2D eigenvalue weighted by Crippen LogP contribution is -2.11. The van der Waals surface area contributed by atoms with E-state index in [-0.39, 0.29) is 5.41 Å². The fraction of sp³-hybridized carbons (Fsp3) is 0.533. The van der Waals surface area contributed by atoms with Crippen molar-refractivity contribution in [2.45, 2.75) is 34.1 Å². The Morgan fingerprint density at radius 1 is 1.26 bits per heavy atom. The Hall–Kier alpha value is -1.71. The van der Waals surface area contributed by atoms with Crippen molar-refractivity contribution in [3.05, 3.63) is 23.8 Å². The SMILES string of the molecule is COc1cc(C(C)=NO)ccc1OCCC(C)(C)C. The van der Waals surface area contributed by atoms with Crippen LogP contribution in [0.1, 0.15) is 39.7 Å². The van der Waals surface area contributed by atoms with E-state index in [1.165, 1.54) is 0 Å². The summed E-state index contributed by atoms with van der Waals surface area (Å²) in [4.78, 5) is 0. The van der Waals surface area contributed by atoms with Crippen molar-refractivity contribution in [2.75, 3.05) is 13.7 Å². The van der Waals surface area contributed by atoms with Crippen LogP contribution < -0.4 is 9.47 Å². The lowest BCUT2D eigenvalue weighted by molar-refractivity contribution is 0.234. The van der Waals surface area contributed by atoms with Crippen LogP contribution in [0.3, 0.4) is 0 Å². The van der Waals surface area contributed by atoms with Crippen LogP contribution >= 0.6 is 0 Å².